The summed E-state index contributed by atoms with van der Waals surface area (Å²) in [4.78, 5) is 8.50. The predicted octanol–water partition coefficient (Wildman–Crippen LogP) is 5.01. The lowest BCUT2D eigenvalue weighted by atomic mass is 10.1. The van der Waals surface area contributed by atoms with E-state index < -0.39 is 16.6 Å². The van der Waals surface area contributed by atoms with E-state index in [2.05, 4.69) is 49.3 Å². The van der Waals surface area contributed by atoms with E-state index >= 15 is 0 Å². The monoisotopic (exact) mass is 358 g/mol. The van der Waals surface area contributed by atoms with Gasteiger partial charge in [0, 0.05) is 35.9 Å². The third-order valence-corrected chi connectivity index (χ3v) is 4.50. The standard InChI is InChI=1S/C18H26N2O2Si2/c1-23(2,3)21-17(15-9-7-11-19-13-15)18(22-24(4,5)6)16-10-8-12-20-14-16/h7-14H,1-6H3/b18-17-. The van der Waals surface area contributed by atoms with E-state index in [1.807, 2.05) is 36.7 Å². The Balaban J connectivity index is 2.67. The lowest BCUT2D eigenvalue weighted by molar-refractivity contribution is 0.466. The molecule has 0 aliphatic rings. The highest BCUT2D eigenvalue weighted by Gasteiger charge is 2.27. The van der Waals surface area contributed by atoms with Gasteiger partial charge in [-0.3, -0.25) is 9.97 Å². The Hall–Kier alpha value is -1.93. The van der Waals surface area contributed by atoms with Crippen LogP contribution in [-0.2, 0) is 8.85 Å². The highest BCUT2D eigenvalue weighted by molar-refractivity contribution is 6.71. The van der Waals surface area contributed by atoms with Crippen LogP contribution in [0.4, 0.5) is 0 Å². The van der Waals surface area contributed by atoms with Gasteiger partial charge in [-0.25, -0.2) is 0 Å². The van der Waals surface area contributed by atoms with Gasteiger partial charge in [0.05, 0.1) is 0 Å². The SMILES string of the molecule is C[Si](C)(C)O/C(=C(\O[Si](C)(C)C)c1cccnc1)c1cccnc1. The smallest absolute Gasteiger partial charge is 0.242 e. The van der Waals surface area contributed by atoms with Crippen LogP contribution in [0.1, 0.15) is 11.1 Å². The van der Waals surface area contributed by atoms with Crippen molar-refractivity contribution in [1.29, 1.82) is 0 Å². The quantitative estimate of drug-likeness (QED) is 0.538. The molecular formula is C18H26N2O2Si2. The average molecular weight is 359 g/mol. The zero-order valence-electron chi connectivity index (χ0n) is 15.3. The molecule has 128 valence electrons. The molecule has 0 bridgehead atoms. The molecule has 4 nitrogen and oxygen atoms in total. The van der Waals surface area contributed by atoms with Gasteiger partial charge in [0.25, 0.3) is 0 Å². The number of pyridine rings is 2. The van der Waals surface area contributed by atoms with Crippen molar-refractivity contribution in [3.63, 3.8) is 0 Å². The average Bonchev–Trinajstić information content (AvgIpc) is 2.50. The van der Waals surface area contributed by atoms with Crippen molar-refractivity contribution in [3.8, 4) is 0 Å². The first kappa shape index (κ1) is 18.4. The second-order valence-corrected chi connectivity index (χ2v) is 16.4. The van der Waals surface area contributed by atoms with E-state index in [4.69, 9.17) is 8.85 Å². The highest BCUT2D eigenvalue weighted by Crippen LogP contribution is 2.32. The summed E-state index contributed by atoms with van der Waals surface area (Å²) >= 11 is 0. The molecule has 0 unspecified atom stereocenters. The lowest BCUT2D eigenvalue weighted by Gasteiger charge is -2.28. The van der Waals surface area contributed by atoms with Crippen molar-refractivity contribution >= 4 is 28.2 Å². The summed E-state index contributed by atoms with van der Waals surface area (Å²) in [5.74, 6) is 1.52. The van der Waals surface area contributed by atoms with Crippen molar-refractivity contribution in [2.24, 2.45) is 0 Å². The normalized spacial score (nSPS) is 13.2. The molecule has 0 saturated carbocycles. The van der Waals surface area contributed by atoms with Crippen LogP contribution in [-0.4, -0.2) is 26.6 Å². The van der Waals surface area contributed by atoms with Crippen LogP contribution in [0.3, 0.4) is 0 Å². The van der Waals surface area contributed by atoms with E-state index in [0.29, 0.717) is 0 Å². The first-order chi connectivity index (χ1) is 11.2. The Morgan fingerprint density at radius 2 is 1.08 bits per heavy atom. The molecule has 0 aliphatic heterocycles. The fourth-order valence-electron chi connectivity index (χ4n) is 2.08. The molecule has 0 N–H and O–H groups in total. The Bertz CT molecular complexity index is 629. The zero-order valence-corrected chi connectivity index (χ0v) is 17.3. The van der Waals surface area contributed by atoms with Gasteiger partial charge in [-0.05, 0) is 63.5 Å². The van der Waals surface area contributed by atoms with E-state index in [1.165, 1.54) is 0 Å². The molecule has 2 aromatic rings. The fraction of sp³-hybridized carbons (Fsp3) is 0.333. The van der Waals surface area contributed by atoms with E-state index in [9.17, 15) is 0 Å². The van der Waals surface area contributed by atoms with E-state index in [1.54, 1.807) is 12.4 Å². The highest BCUT2D eigenvalue weighted by atomic mass is 28.4. The van der Waals surface area contributed by atoms with Gasteiger partial charge in [-0.15, -0.1) is 0 Å². The second kappa shape index (κ2) is 7.31. The summed E-state index contributed by atoms with van der Waals surface area (Å²) in [5.41, 5.74) is 1.86. The molecule has 6 heteroatoms. The molecule has 0 fully saturated rings. The third kappa shape index (κ3) is 5.61. The summed E-state index contributed by atoms with van der Waals surface area (Å²) in [6, 6.07) is 7.84. The molecule has 0 amide bonds. The summed E-state index contributed by atoms with van der Waals surface area (Å²) in [6.07, 6.45) is 7.16. The van der Waals surface area contributed by atoms with Crippen LogP contribution in [0.5, 0.6) is 0 Å². The summed E-state index contributed by atoms with van der Waals surface area (Å²) in [6.45, 7) is 13.0. The van der Waals surface area contributed by atoms with Gasteiger partial charge in [-0.1, -0.05) is 0 Å². The van der Waals surface area contributed by atoms with Crippen LogP contribution in [0.15, 0.2) is 49.1 Å². The van der Waals surface area contributed by atoms with Crippen LogP contribution >= 0.6 is 0 Å². The number of aromatic nitrogens is 2. The second-order valence-electron chi connectivity index (χ2n) is 7.57. The topological polar surface area (TPSA) is 44.2 Å². The summed E-state index contributed by atoms with van der Waals surface area (Å²) in [7, 11) is -3.69. The van der Waals surface area contributed by atoms with Crippen molar-refractivity contribution in [2.75, 3.05) is 0 Å². The summed E-state index contributed by atoms with van der Waals surface area (Å²) in [5, 5.41) is 0. The van der Waals surface area contributed by atoms with Gasteiger partial charge in [-0.2, -0.15) is 0 Å². The maximum Gasteiger partial charge on any atom is 0.242 e. The van der Waals surface area contributed by atoms with Gasteiger partial charge >= 0.3 is 0 Å². The van der Waals surface area contributed by atoms with Crippen LogP contribution in [0.25, 0.3) is 11.5 Å². The maximum atomic E-state index is 6.43. The Kier molecular flexibility index (Phi) is 5.61. The van der Waals surface area contributed by atoms with E-state index in [0.717, 1.165) is 22.6 Å². The minimum Gasteiger partial charge on any atom is -0.541 e. The first-order valence-corrected chi connectivity index (χ1v) is 14.9. The molecule has 24 heavy (non-hydrogen) atoms. The molecule has 0 spiro atoms. The first-order valence-electron chi connectivity index (χ1n) is 8.09. The fourth-order valence-corrected chi connectivity index (χ4v) is 3.73. The molecule has 0 aliphatic carbocycles. The van der Waals surface area contributed by atoms with Crippen molar-refractivity contribution < 1.29 is 8.85 Å². The van der Waals surface area contributed by atoms with Crippen LogP contribution < -0.4 is 0 Å². The molecule has 0 radical (unpaired) electrons. The predicted molar refractivity (Wildman–Crippen MR) is 104 cm³/mol. The van der Waals surface area contributed by atoms with E-state index in [-0.39, 0.29) is 0 Å². The van der Waals surface area contributed by atoms with Crippen molar-refractivity contribution in [2.45, 2.75) is 39.3 Å². The van der Waals surface area contributed by atoms with Gasteiger partial charge in [0.2, 0.25) is 16.6 Å². The number of rotatable bonds is 6. The maximum absolute atomic E-state index is 6.43. The summed E-state index contributed by atoms with van der Waals surface area (Å²) < 4.78 is 12.9. The molecule has 0 atom stereocenters. The number of hydrogen-bond acceptors (Lipinski definition) is 4. The van der Waals surface area contributed by atoms with Gasteiger partial charge in [0.1, 0.15) is 0 Å². The molecule has 2 aromatic heterocycles. The minimum atomic E-state index is -1.84. The lowest BCUT2D eigenvalue weighted by Crippen LogP contribution is -2.28. The van der Waals surface area contributed by atoms with Gasteiger partial charge < -0.3 is 8.85 Å². The molecular weight excluding hydrogens is 332 g/mol. The largest absolute Gasteiger partial charge is 0.541 e. The van der Waals surface area contributed by atoms with Crippen molar-refractivity contribution in [3.05, 3.63) is 60.2 Å². The molecule has 2 rings (SSSR count). The molecule has 0 saturated heterocycles. The van der Waals surface area contributed by atoms with Crippen LogP contribution in [0, 0.1) is 0 Å². The van der Waals surface area contributed by atoms with Crippen molar-refractivity contribution in [1.82, 2.24) is 9.97 Å². The Morgan fingerprint density at radius 3 is 1.33 bits per heavy atom. The minimum absolute atomic E-state index is 0.762. The van der Waals surface area contributed by atoms with Gasteiger partial charge in [0.15, 0.2) is 11.5 Å². The Labute approximate surface area is 146 Å². The zero-order chi connectivity index (χ0) is 17.8. The molecule has 2 heterocycles. The molecule has 0 aromatic carbocycles. The number of nitrogens with zero attached hydrogens (tertiary/aromatic N) is 2. The Morgan fingerprint density at radius 1 is 0.708 bits per heavy atom. The van der Waals surface area contributed by atoms with Crippen LogP contribution in [0.2, 0.25) is 39.3 Å². The number of hydrogen-bond donors (Lipinski definition) is 0. The third-order valence-electron chi connectivity index (χ3n) is 2.87.